The van der Waals surface area contributed by atoms with Crippen molar-refractivity contribution in [1.29, 1.82) is 0 Å². The summed E-state index contributed by atoms with van der Waals surface area (Å²) < 4.78 is 0. The summed E-state index contributed by atoms with van der Waals surface area (Å²) >= 11 is 0. The van der Waals surface area contributed by atoms with Crippen molar-refractivity contribution in [2.24, 2.45) is 0 Å². The van der Waals surface area contributed by atoms with Gasteiger partial charge < -0.3 is 10.4 Å². The Kier molecular flexibility index (Phi) is 4.10. The van der Waals surface area contributed by atoms with Crippen LogP contribution in [0.2, 0.25) is 0 Å². The Morgan fingerprint density at radius 2 is 2.05 bits per heavy atom. The number of carbonyl (C=O) groups excluding carboxylic acids is 1. The van der Waals surface area contributed by atoms with E-state index in [1.807, 2.05) is 31.2 Å². The molecule has 1 amide bonds. The van der Waals surface area contributed by atoms with E-state index in [2.05, 4.69) is 10.3 Å². The van der Waals surface area contributed by atoms with Crippen LogP contribution in [0.15, 0.2) is 42.6 Å². The van der Waals surface area contributed by atoms with Crippen molar-refractivity contribution in [3.8, 4) is 0 Å². The molecule has 0 aliphatic heterocycles. The number of nitrogens with zero attached hydrogens (tertiary/aromatic N) is 1. The maximum atomic E-state index is 11.9. The molecule has 5 heteroatoms. The van der Waals surface area contributed by atoms with Gasteiger partial charge in [-0.1, -0.05) is 29.8 Å². The average molecular weight is 270 g/mol. The van der Waals surface area contributed by atoms with Crippen molar-refractivity contribution >= 4 is 11.9 Å². The number of nitrogens with one attached hydrogen (secondary N) is 1. The molecule has 0 fully saturated rings. The van der Waals surface area contributed by atoms with E-state index in [-0.39, 0.29) is 11.6 Å². The summed E-state index contributed by atoms with van der Waals surface area (Å²) in [5, 5.41) is 11.5. The number of hydrogen-bond acceptors (Lipinski definition) is 3. The van der Waals surface area contributed by atoms with Crippen LogP contribution >= 0.6 is 0 Å². The molecule has 0 spiro atoms. The Labute approximate surface area is 116 Å². The topological polar surface area (TPSA) is 79.3 Å². The fourth-order valence-corrected chi connectivity index (χ4v) is 1.76. The lowest BCUT2D eigenvalue weighted by molar-refractivity contribution is 0.0689. The van der Waals surface area contributed by atoms with E-state index in [0.29, 0.717) is 12.1 Å². The second kappa shape index (κ2) is 5.97. The number of amides is 1. The summed E-state index contributed by atoms with van der Waals surface area (Å²) in [6.07, 6.45) is 1.26. The Morgan fingerprint density at radius 1 is 1.25 bits per heavy atom. The number of rotatable bonds is 4. The summed E-state index contributed by atoms with van der Waals surface area (Å²) in [7, 11) is 0. The average Bonchev–Trinajstić information content (AvgIpc) is 2.45. The van der Waals surface area contributed by atoms with E-state index < -0.39 is 5.97 Å². The van der Waals surface area contributed by atoms with Gasteiger partial charge in [0, 0.05) is 12.7 Å². The first-order valence-electron chi connectivity index (χ1n) is 6.09. The molecule has 0 aliphatic rings. The number of hydrogen-bond donors (Lipinski definition) is 2. The van der Waals surface area contributed by atoms with Crippen molar-refractivity contribution in [2.45, 2.75) is 13.5 Å². The van der Waals surface area contributed by atoms with Crippen LogP contribution in [-0.4, -0.2) is 22.0 Å². The normalized spacial score (nSPS) is 10.1. The van der Waals surface area contributed by atoms with Gasteiger partial charge in [-0.3, -0.25) is 4.79 Å². The van der Waals surface area contributed by atoms with Crippen LogP contribution in [0.5, 0.6) is 0 Å². The van der Waals surface area contributed by atoms with Gasteiger partial charge in [-0.15, -0.1) is 0 Å². The molecule has 0 saturated heterocycles. The molecule has 102 valence electrons. The predicted molar refractivity (Wildman–Crippen MR) is 73.5 cm³/mol. The Bertz CT molecular complexity index is 636. The first-order chi connectivity index (χ1) is 9.56. The molecule has 5 nitrogen and oxygen atoms in total. The highest BCUT2D eigenvalue weighted by Gasteiger charge is 2.08. The Morgan fingerprint density at radius 3 is 2.65 bits per heavy atom. The standard InChI is InChI=1S/C15H14N2O3/c1-10-3-2-4-11(7-10)8-17-14(18)12-5-6-13(15(19)20)16-9-12/h2-7,9H,8H2,1H3,(H,17,18)(H,19,20). The van der Waals surface area contributed by atoms with Crippen LogP contribution in [0.25, 0.3) is 0 Å². The molecule has 1 aromatic heterocycles. The molecular weight excluding hydrogens is 256 g/mol. The SMILES string of the molecule is Cc1cccc(CNC(=O)c2ccc(C(=O)O)nc2)c1. The van der Waals surface area contributed by atoms with Gasteiger partial charge in [-0.2, -0.15) is 0 Å². The van der Waals surface area contributed by atoms with Gasteiger partial charge in [0.1, 0.15) is 5.69 Å². The summed E-state index contributed by atoms with van der Waals surface area (Å²) in [6.45, 7) is 2.40. The van der Waals surface area contributed by atoms with E-state index in [1.165, 1.54) is 18.3 Å². The van der Waals surface area contributed by atoms with Crippen molar-refractivity contribution in [2.75, 3.05) is 0 Å². The van der Waals surface area contributed by atoms with Crippen LogP contribution in [0.1, 0.15) is 32.0 Å². The number of carboxylic acid groups (broad SMARTS) is 1. The third-order valence-corrected chi connectivity index (χ3v) is 2.78. The fourth-order valence-electron chi connectivity index (χ4n) is 1.76. The summed E-state index contributed by atoms with van der Waals surface area (Å²) in [5.74, 6) is -1.40. The number of aromatic nitrogens is 1. The Hall–Kier alpha value is -2.69. The molecule has 2 aromatic rings. The number of pyridine rings is 1. The van der Waals surface area contributed by atoms with Gasteiger partial charge in [0.15, 0.2) is 0 Å². The zero-order chi connectivity index (χ0) is 14.5. The lowest BCUT2D eigenvalue weighted by Crippen LogP contribution is -2.23. The minimum atomic E-state index is -1.11. The zero-order valence-electron chi connectivity index (χ0n) is 11.0. The van der Waals surface area contributed by atoms with Gasteiger partial charge in [-0.05, 0) is 24.6 Å². The molecular formula is C15H14N2O3. The van der Waals surface area contributed by atoms with Crippen LogP contribution in [0.4, 0.5) is 0 Å². The molecule has 20 heavy (non-hydrogen) atoms. The quantitative estimate of drug-likeness (QED) is 0.890. The van der Waals surface area contributed by atoms with Gasteiger partial charge in [0.2, 0.25) is 0 Å². The molecule has 2 N–H and O–H groups in total. The molecule has 0 bridgehead atoms. The highest BCUT2D eigenvalue weighted by Crippen LogP contribution is 2.05. The van der Waals surface area contributed by atoms with Crippen molar-refractivity contribution < 1.29 is 14.7 Å². The molecule has 0 unspecified atom stereocenters. The van der Waals surface area contributed by atoms with E-state index >= 15 is 0 Å². The van der Waals surface area contributed by atoms with Gasteiger partial charge in [0.25, 0.3) is 5.91 Å². The smallest absolute Gasteiger partial charge is 0.354 e. The second-order valence-corrected chi connectivity index (χ2v) is 4.41. The van der Waals surface area contributed by atoms with Gasteiger partial charge in [0.05, 0.1) is 5.56 Å². The zero-order valence-corrected chi connectivity index (χ0v) is 11.0. The summed E-state index contributed by atoms with van der Waals surface area (Å²) in [4.78, 5) is 26.3. The first kappa shape index (κ1) is 13.7. The molecule has 0 saturated carbocycles. The molecule has 2 rings (SSSR count). The largest absolute Gasteiger partial charge is 0.477 e. The van der Waals surface area contributed by atoms with E-state index in [4.69, 9.17) is 5.11 Å². The van der Waals surface area contributed by atoms with E-state index in [9.17, 15) is 9.59 Å². The highest BCUT2D eigenvalue weighted by molar-refractivity contribution is 5.94. The molecule has 0 aliphatic carbocycles. The molecule has 0 radical (unpaired) electrons. The monoisotopic (exact) mass is 270 g/mol. The third-order valence-electron chi connectivity index (χ3n) is 2.78. The lowest BCUT2D eigenvalue weighted by atomic mass is 10.1. The van der Waals surface area contributed by atoms with Crippen molar-refractivity contribution in [1.82, 2.24) is 10.3 Å². The minimum absolute atomic E-state index is 0.0831. The number of aryl methyl sites for hydroxylation is 1. The fraction of sp³-hybridized carbons (Fsp3) is 0.133. The van der Waals surface area contributed by atoms with Crippen LogP contribution < -0.4 is 5.32 Å². The van der Waals surface area contributed by atoms with E-state index in [0.717, 1.165) is 11.1 Å². The second-order valence-electron chi connectivity index (χ2n) is 4.41. The number of benzene rings is 1. The molecule has 0 atom stereocenters. The first-order valence-corrected chi connectivity index (χ1v) is 6.09. The lowest BCUT2D eigenvalue weighted by Gasteiger charge is -2.06. The Balaban J connectivity index is 1.99. The third kappa shape index (κ3) is 3.41. The molecule has 1 aromatic carbocycles. The maximum absolute atomic E-state index is 11.9. The number of carbonyl (C=O) groups is 2. The molecule has 1 heterocycles. The van der Waals surface area contributed by atoms with Crippen LogP contribution in [0, 0.1) is 6.92 Å². The van der Waals surface area contributed by atoms with Gasteiger partial charge in [-0.25, -0.2) is 9.78 Å². The van der Waals surface area contributed by atoms with Gasteiger partial charge >= 0.3 is 5.97 Å². The van der Waals surface area contributed by atoms with E-state index in [1.54, 1.807) is 0 Å². The minimum Gasteiger partial charge on any atom is -0.477 e. The van der Waals surface area contributed by atoms with Crippen molar-refractivity contribution in [3.63, 3.8) is 0 Å². The van der Waals surface area contributed by atoms with Crippen LogP contribution in [0.3, 0.4) is 0 Å². The number of aromatic carboxylic acids is 1. The predicted octanol–water partition coefficient (Wildman–Crippen LogP) is 2.02. The number of carboxylic acids is 1. The summed E-state index contributed by atoms with van der Waals surface area (Å²) in [5.41, 5.74) is 2.39. The van der Waals surface area contributed by atoms with Crippen LogP contribution in [-0.2, 0) is 6.54 Å². The highest BCUT2D eigenvalue weighted by atomic mass is 16.4. The maximum Gasteiger partial charge on any atom is 0.354 e. The van der Waals surface area contributed by atoms with Crippen molar-refractivity contribution in [3.05, 3.63) is 65.0 Å². The summed E-state index contributed by atoms with van der Waals surface area (Å²) in [6, 6.07) is 10.6.